The number of carbonyl (C=O) groups excluding carboxylic acids is 1. The van der Waals surface area contributed by atoms with E-state index >= 15 is 0 Å². The Hall–Kier alpha value is -1.05. The van der Waals surface area contributed by atoms with Crippen molar-refractivity contribution >= 4 is 28.6 Å². The number of nitrogens with two attached hydrogens (primary N) is 1. The van der Waals surface area contributed by atoms with Gasteiger partial charge in [0, 0.05) is 17.0 Å². The van der Waals surface area contributed by atoms with Crippen LogP contribution in [-0.2, 0) is 10.0 Å². The summed E-state index contributed by atoms with van der Waals surface area (Å²) in [4.78, 5) is 12.4. The molecule has 0 aliphatic carbocycles. The van der Waals surface area contributed by atoms with Gasteiger partial charge in [0.1, 0.15) is 0 Å². The first-order valence-corrected chi connectivity index (χ1v) is 7.04. The molecule has 0 unspecified atom stereocenters. The first kappa shape index (κ1) is 14.0. The molecule has 0 aliphatic rings. The minimum Gasteiger partial charge on any atom is -0.351 e. The van der Waals surface area contributed by atoms with Crippen molar-refractivity contribution < 1.29 is 13.2 Å². The molecule has 1 rings (SSSR count). The highest BCUT2D eigenvalue weighted by Crippen LogP contribution is 2.13. The lowest BCUT2D eigenvalue weighted by Gasteiger charge is -2.07. The molecule has 0 spiro atoms. The van der Waals surface area contributed by atoms with Crippen LogP contribution in [0.2, 0.25) is 0 Å². The second kappa shape index (κ2) is 5.52. The summed E-state index contributed by atoms with van der Waals surface area (Å²) in [5, 5.41) is 7.31. The van der Waals surface area contributed by atoms with E-state index in [9.17, 15) is 13.2 Å². The average molecular weight is 274 g/mol. The van der Waals surface area contributed by atoms with Crippen LogP contribution in [0.3, 0.4) is 0 Å². The average Bonchev–Trinajstić information content (AvgIpc) is 2.19. The summed E-state index contributed by atoms with van der Waals surface area (Å²) in [5.41, 5.74) is 1.28. The molecule has 0 radical (unpaired) electrons. The molecule has 1 aromatic rings. The summed E-state index contributed by atoms with van der Waals surface area (Å²) >= 11 is 4.14. The lowest BCUT2D eigenvalue weighted by atomic mass is 10.1. The zero-order chi connectivity index (χ0) is 13.1. The second-order valence-electron chi connectivity index (χ2n) is 3.62. The normalized spacial score (nSPS) is 11.2. The smallest absolute Gasteiger partial charge is 0.251 e. The van der Waals surface area contributed by atoms with E-state index in [4.69, 9.17) is 5.14 Å². The van der Waals surface area contributed by atoms with E-state index in [0.29, 0.717) is 10.5 Å². The number of benzene rings is 1. The van der Waals surface area contributed by atoms with E-state index in [-0.39, 0.29) is 18.2 Å². The van der Waals surface area contributed by atoms with Crippen LogP contribution >= 0.6 is 12.6 Å². The quantitative estimate of drug-likeness (QED) is 0.690. The van der Waals surface area contributed by atoms with E-state index in [0.717, 1.165) is 5.56 Å². The zero-order valence-corrected chi connectivity index (χ0v) is 11.0. The van der Waals surface area contributed by atoms with Crippen molar-refractivity contribution in [2.24, 2.45) is 5.14 Å². The van der Waals surface area contributed by atoms with Crippen molar-refractivity contribution in [1.29, 1.82) is 0 Å². The maximum atomic E-state index is 11.7. The third kappa shape index (κ3) is 4.76. The van der Waals surface area contributed by atoms with Crippen molar-refractivity contribution in [3.05, 3.63) is 29.3 Å². The minimum absolute atomic E-state index is 0.00605. The van der Waals surface area contributed by atoms with Gasteiger partial charge in [0.15, 0.2) is 0 Å². The standard InChI is InChI=1S/C10H14N2O3S2/c1-7-2-3-8(16)6-9(7)10(13)12-4-5-17(11,14)15/h2-3,6,16H,4-5H2,1H3,(H,12,13)(H2,11,14,15). The van der Waals surface area contributed by atoms with Gasteiger partial charge >= 0.3 is 0 Å². The number of aryl methyl sites for hydroxylation is 1. The van der Waals surface area contributed by atoms with Gasteiger partial charge in [0.25, 0.3) is 5.91 Å². The van der Waals surface area contributed by atoms with E-state index in [1.165, 1.54) is 0 Å². The van der Waals surface area contributed by atoms with Crippen LogP contribution in [0, 0.1) is 6.92 Å². The molecular weight excluding hydrogens is 260 g/mol. The Bertz CT molecular complexity index is 526. The van der Waals surface area contributed by atoms with E-state index in [2.05, 4.69) is 17.9 Å². The number of carbonyl (C=O) groups is 1. The number of hydrogen-bond acceptors (Lipinski definition) is 4. The number of hydrogen-bond donors (Lipinski definition) is 3. The lowest BCUT2D eigenvalue weighted by Crippen LogP contribution is -2.31. The van der Waals surface area contributed by atoms with Gasteiger partial charge < -0.3 is 5.32 Å². The van der Waals surface area contributed by atoms with Gasteiger partial charge in [-0.1, -0.05) is 6.07 Å². The molecule has 0 heterocycles. The number of primary sulfonamides is 1. The summed E-state index contributed by atoms with van der Waals surface area (Å²) in [6.07, 6.45) is 0. The highest BCUT2D eigenvalue weighted by atomic mass is 32.2. The molecule has 94 valence electrons. The predicted octanol–water partition coefficient (Wildman–Crippen LogP) is 0.302. The Kier molecular flexibility index (Phi) is 4.55. The van der Waals surface area contributed by atoms with Crippen LogP contribution in [0.5, 0.6) is 0 Å². The van der Waals surface area contributed by atoms with Crippen molar-refractivity contribution in [2.75, 3.05) is 12.3 Å². The minimum atomic E-state index is -3.55. The van der Waals surface area contributed by atoms with E-state index in [1.807, 2.05) is 0 Å². The van der Waals surface area contributed by atoms with Crippen LogP contribution in [0.4, 0.5) is 0 Å². The Morgan fingerprint density at radius 2 is 2.12 bits per heavy atom. The molecule has 17 heavy (non-hydrogen) atoms. The van der Waals surface area contributed by atoms with Crippen LogP contribution in [-0.4, -0.2) is 26.6 Å². The van der Waals surface area contributed by atoms with Crippen molar-refractivity contribution in [3.63, 3.8) is 0 Å². The largest absolute Gasteiger partial charge is 0.351 e. The third-order valence-corrected chi connectivity index (χ3v) is 3.19. The molecule has 5 nitrogen and oxygen atoms in total. The zero-order valence-electron chi connectivity index (χ0n) is 9.30. The summed E-state index contributed by atoms with van der Waals surface area (Å²) < 4.78 is 21.4. The molecular formula is C10H14N2O3S2. The SMILES string of the molecule is Cc1ccc(S)cc1C(=O)NCCS(N)(=O)=O. The summed E-state index contributed by atoms with van der Waals surface area (Å²) in [5.74, 6) is -0.611. The van der Waals surface area contributed by atoms with Gasteiger partial charge in [0.2, 0.25) is 10.0 Å². The Morgan fingerprint density at radius 3 is 2.71 bits per heavy atom. The molecule has 7 heteroatoms. The maximum absolute atomic E-state index is 11.7. The molecule has 3 N–H and O–H groups in total. The second-order valence-corrected chi connectivity index (χ2v) is 5.87. The summed E-state index contributed by atoms with van der Waals surface area (Å²) in [6.45, 7) is 1.79. The highest BCUT2D eigenvalue weighted by Gasteiger charge is 2.10. The van der Waals surface area contributed by atoms with Crippen molar-refractivity contribution in [2.45, 2.75) is 11.8 Å². The van der Waals surface area contributed by atoms with Gasteiger partial charge in [0.05, 0.1) is 5.75 Å². The molecule has 0 bridgehead atoms. The topological polar surface area (TPSA) is 89.3 Å². The van der Waals surface area contributed by atoms with E-state index in [1.54, 1.807) is 25.1 Å². The number of sulfonamides is 1. The highest BCUT2D eigenvalue weighted by molar-refractivity contribution is 7.89. The van der Waals surface area contributed by atoms with Crippen molar-refractivity contribution in [1.82, 2.24) is 5.32 Å². The van der Waals surface area contributed by atoms with Gasteiger partial charge in [-0.25, -0.2) is 13.6 Å². The first-order chi connectivity index (χ1) is 7.79. The number of thiol groups is 1. The van der Waals surface area contributed by atoms with Crippen molar-refractivity contribution in [3.8, 4) is 0 Å². The fourth-order valence-corrected chi connectivity index (χ4v) is 1.85. The Morgan fingerprint density at radius 1 is 1.47 bits per heavy atom. The Balaban J connectivity index is 2.67. The lowest BCUT2D eigenvalue weighted by molar-refractivity contribution is 0.0955. The molecule has 1 amide bonds. The van der Waals surface area contributed by atoms with Crippen LogP contribution in [0.15, 0.2) is 23.1 Å². The molecule has 0 saturated heterocycles. The van der Waals surface area contributed by atoms with E-state index < -0.39 is 10.0 Å². The number of nitrogens with one attached hydrogen (secondary N) is 1. The summed E-state index contributed by atoms with van der Waals surface area (Å²) in [6, 6.07) is 5.18. The van der Waals surface area contributed by atoms with Gasteiger partial charge in [-0.05, 0) is 24.6 Å². The molecule has 0 fully saturated rings. The van der Waals surface area contributed by atoms with Crippen LogP contribution < -0.4 is 10.5 Å². The predicted molar refractivity (Wildman–Crippen MR) is 68.7 cm³/mol. The van der Waals surface area contributed by atoms with Crippen LogP contribution in [0.25, 0.3) is 0 Å². The van der Waals surface area contributed by atoms with Gasteiger partial charge in [-0.2, -0.15) is 0 Å². The molecule has 0 aliphatic heterocycles. The monoisotopic (exact) mass is 274 g/mol. The number of amides is 1. The molecule has 1 aromatic carbocycles. The Labute approximate surface area is 106 Å². The molecule has 0 saturated carbocycles. The molecule has 0 aromatic heterocycles. The molecule has 0 atom stereocenters. The fraction of sp³-hybridized carbons (Fsp3) is 0.300. The van der Waals surface area contributed by atoms with Gasteiger partial charge in [-0.15, -0.1) is 12.6 Å². The third-order valence-electron chi connectivity index (χ3n) is 2.14. The fourth-order valence-electron chi connectivity index (χ4n) is 1.26. The number of rotatable bonds is 4. The maximum Gasteiger partial charge on any atom is 0.251 e. The first-order valence-electron chi connectivity index (χ1n) is 4.88. The van der Waals surface area contributed by atoms with Gasteiger partial charge in [-0.3, -0.25) is 4.79 Å². The van der Waals surface area contributed by atoms with Crippen LogP contribution in [0.1, 0.15) is 15.9 Å². The summed E-state index contributed by atoms with van der Waals surface area (Å²) in [7, 11) is -3.55.